The third-order valence-electron chi connectivity index (χ3n) is 11.3. The van der Waals surface area contributed by atoms with Gasteiger partial charge in [-0.2, -0.15) is 99.9 Å². The molecule has 0 bridgehead atoms. The van der Waals surface area contributed by atoms with E-state index in [0.29, 0.717) is 12.1 Å². The number of aromatic hydroxyl groups is 1. The van der Waals surface area contributed by atoms with Gasteiger partial charge in [0.2, 0.25) is 5.41 Å². The summed E-state index contributed by atoms with van der Waals surface area (Å²) in [5.74, 6) is -50.8. The molecule has 71 heavy (non-hydrogen) atoms. The molecule has 2 fully saturated rings. The maximum atomic E-state index is 16.4. The predicted molar refractivity (Wildman–Crippen MR) is 196 cm³/mol. The molecule has 4 aromatic carbocycles. The van der Waals surface area contributed by atoms with Gasteiger partial charge >= 0.3 is 53.6 Å². The lowest BCUT2D eigenvalue weighted by Crippen LogP contribution is -2.89. The predicted octanol–water partition coefficient (Wildman–Crippen LogP) is 9.65. The van der Waals surface area contributed by atoms with Gasteiger partial charge in [-0.1, -0.05) is 30.3 Å². The highest BCUT2D eigenvalue weighted by atomic mass is 32.2. The van der Waals surface area contributed by atoms with Crippen molar-refractivity contribution in [2.24, 2.45) is 0 Å². The Morgan fingerprint density at radius 3 is 1.10 bits per heavy atom. The van der Waals surface area contributed by atoms with Crippen molar-refractivity contribution in [2.75, 3.05) is 0 Å². The van der Waals surface area contributed by atoms with Crippen LogP contribution in [0.4, 0.5) is 79.0 Å². The van der Waals surface area contributed by atoms with Crippen LogP contribution >= 0.6 is 0 Å². The van der Waals surface area contributed by atoms with Crippen molar-refractivity contribution in [1.82, 2.24) is 0 Å². The van der Waals surface area contributed by atoms with Crippen LogP contribution in [0.1, 0.15) is 23.6 Å². The van der Waals surface area contributed by atoms with E-state index in [4.69, 9.17) is 0 Å². The van der Waals surface area contributed by atoms with E-state index in [-0.39, 0.29) is 42.5 Å². The maximum absolute atomic E-state index is 16.4. The molecule has 4 aromatic rings. The molecule has 0 aromatic heterocycles. The first-order chi connectivity index (χ1) is 31.6. The van der Waals surface area contributed by atoms with Gasteiger partial charge in [-0.3, -0.25) is 13.7 Å². The van der Waals surface area contributed by atoms with Gasteiger partial charge in [0, 0.05) is 0 Å². The van der Waals surface area contributed by atoms with Crippen LogP contribution in [-0.4, -0.2) is 103 Å². The Balaban J connectivity index is 1.47. The average molecular weight is 1110 g/mol. The number of phenolic OH excluding ortho intramolecular Hbond substituents is 1. The molecule has 6 rings (SSSR count). The van der Waals surface area contributed by atoms with Crippen molar-refractivity contribution in [3.63, 3.8) is 0 Å². The van der Waals surface area contributed by atoms with Gasteiger partial charge in [-0.05, 0) is 84.1 Å². The molecule has 0 saturated heterocycles. The number of benzene rings is 4. The fourth-order valence-corrected chi connectivity index (χ4v) is 9.31. The van der Waals surface area contributed by atoms with Crippen LogP contribution in [0.15, 0.2) is 87.5 Å². The first kappa shape index (κ1) is 54.9. The first-order valence-electron chi connectivity index (χ1n) is 18.2. The smallest absolute Gasteiger partial charge is 0.411 e. The summed E-state index contributed by atoms with van der Waals surface area (Å²) in [7, 11) is -18.7. The normalized spacial score (nSPS) is 26.2. The quantitative estimate of drug-likeness (QED) is 0.0770. The minimum absolute atomic E-state index is 0.0167. The SMILES string of the molecule is Cc1cc(C(c2ccc(OC3(F)C(F)(F)C(F)(F)C3(F)Oc3ccc(-c4ccc(OC5(F)C(C)(F)C(F)(F)C5(F)F)c(S(=O)(=O)O)c4)cc3S(=O)(=O)O)c(S(=O)(=O)O)c2)(C(F)(F)F)C(F)(F)F)ccc1O. The van der Waals surface area contributed by atoms with E-state index in [1.54, 1.807) is 0 Å². The Morgan fingerprint density at radius 2 is 0.761 bits per heavy atom. The van der Waals surface area contributed by atoms with Crippen molar-refractivity contribution in [3.05, 3.63) is 89.5 Å². The highest BCUT2D eigenvalue weighted by molar-refractivity contribution is 7.86. The molecular formula is C37H22F18O13S3. The zero-order valence-corrected chi connectivity index (χ0v) is 36.4. The van der Waals surface area contributed by atoms with Crippen LogP contribution in [0.2, 0.25) is 0 Å². The molecule has 34 heteroatoms. The Kier molecular flexibility index (Phi) is 12.0. The molecule has 2 aliphatic rings. The molecule has 0 spiro atoms. The molecular weight excluding hydrogens is 1090 g/mol. The summed E-state index contributed by atoms with van der Waals surface area (Å²) < 4.78 is 383. The van der Waals surface area contributed by atoms with E-state index in [1.165, 1.54) is 0 Å². The lowest BCUT2D eigenvalue weighted by atomic mass is 9.69. The van der Waals surface area contributed by atoms with E-state index >= 15 is 30.7 Å². The van der Waals surface area contributed by atoms with Gasteiger partial charge in [0.05, 0.1) is 0 Å². The zero-order chi connectivity index (χ0) is 54.5. The van der Waals surface area contributed by atoms with E-state index in [2.05, 4.69) is 14.2 Å². The number of hydrogen-bond acceptors (Lipinski definition) is 10. The monoisotopic (exact) mass is 1110 g/mol. The highest BCUT2D eigenvalue weighted by Crippen LogP contribution is 2.70. The molecule has 0 amide bonds. The highest BCUT2D eigenvalue weighted by Gasteiger charge is 3.04. The topological polar surface area (TPSA) is 211 Å². The summed E-state index contributed by atoms with van der Waals surface area (Å²) in [5, 5.41) is 9.75. The van der Waals surface area contributed by atoms with Crippen LogP contribution in [0.25, 0.3) is 11.1 Å². The van der Waals surface area contributed by atoms with Crippen LogP contribution in [0, 0.1) is 6.92 Å². The average Bonchev–Trinajstić information content (AvgIpc) is 3.19. The molecule has 13 nitrogen and oxygen atoms in total. The Morgan fingerprint density at radius 1 is 0.451 bits per heavy atom. The molecule has 0 aliphatic heterocycles. The van der Waals surface area contributed by atoms with E-state index in [9.17, 15) is 92.3 Å². The molecule has 2 aliphatic carbocycles. The van der Waals surface area contributed by atoms with Gasteiger partial charge in [0.25, 0.3) is 36.0 Å². The lowest BCUT2D eigenvalue weighted by Gasteiger charge is -2.55. The van der Waals surface area contributed by atoms with Crippen molar-refractivity contribution in [2.45, 2.75) is 93.2 Å². The number of aryl methyl sites for hydroxylation is 1. The second-order valence-electron chi connectivity index (χ2n) is 15.5. The zero-order valence-electron chi connectivity index (χ0n) is 33.9. The summed E-state index contributed by atoms with van der Waals surface area (Å²) in [6.07, 6.45) is -13.3. The van der Waals surface area contributed by atoms with E-state index in [1.807, 2.05) is 0 Å². The van der Waals surface area contributed by atoms with Crippen molar-refractivity contribution < 1.29 is 137 Å². The third-order valence-corrected chi connectivity index (χ3v) is 13.9. The lowest BCUT2D eigenvalue weighted by molar-refractivity contribution is -0.527. The van der Waals surface area contributed by atoms with Gasteiger partial charge < -0.3 is 19.3 Å². The summed E-state index contributed by atoms with van der Waals surface area (Å²) in [4.78, 5) is -6.67. The van der Waals surface area contributed by atoms with Crippen molar-refractivity contribution >= 4 is 30.4 Å². The number of hydrogen-bond donors (Lipinski definition) is 4. The molecule has 4 N–H and O–H groups in total. The number of phenols is 1. The molecule has 4 unspecified atom stereocenters. The van der Waals surface area contributed by atoms with Crippen molar-refractivity contribution in [1.29, 1.82) is 0 Å². The van der Waals surface area contributed by atoms with Gasteiger partial charge in [-0.25, -0.2) is 4.39 Å². The fourth-order valence-electron chi connectivity index (χ4n) is 7.40. The second kappa shape index (κ2) is 15.5. The number of halogens is 18. The number of rotatable bonds is 12. The van der Waals surface area contributed by atoms with E-state index < -0.39 is 186 Å². The van der Waals surface area contributed by atoms with Crippen LogP contribution in [0.5, 0.6) is 23.0 Å². The third kappa shape index (κ3) is 7.34. The van der Waals surface area contributed by atoms with Crippen LogP contribution in [0.3, 0.4) is 0 Å². The van der Waals surface area contributed by atoms with Gasteiger partial charge in [-0.15, -0.1) is 0 Å². The molecule has 392 valence electrons. The summed E-state index contributed by atoms with van der Waals surface area (Å²) in [5.41, 5.74) is -17.2. The first-order valence-corrected chi connectivity index (χ1v) is 22.5. The molecule has 2 saturated carbocycles. The summed E-state index contributed by atoms with van der Waals surface area (Å²) in [6, 6.07) is -1.20. The number of alkyl halides is 18. The van der Waals surface area contributed by atoms with Gasteiger partial charge in [0.15, 0.2) is 0 Å². The van der Waals surface area contributed by atoms with Crippen LogP contribution in [-0.2, 0) is 35.8 Å². The van der Waals surface area contributed by atoms with Gasteiger partial charge in [0.1, 0.15) is 37.7 Å². The molecule has 0 radical (unpaired) electrons. The molecule has 4 atom stereocenters. The van der Waals surface area contributed by atoms with E-state index in [0.717, 1.165) is 6.92 Å². The second-order valence-corrected chi connectivity index (χ2v) is 19.7. The molecule has 0 heterocycles. The minimum atomic E-state index is -6.74. The Labute approximate surface area is 383 Å². The summed E-state index contributed by atoms with van der Waals surface area (Å²) >= 11 is 0. The minimum Gasteiger partial charge on any atom is -0.508 e. The maximum Gasteiger partial charge on any atom is 0.411 e. The Bertz CT molecular complexity index is 3190. The summed E-state index contributed by atoms with van der Waals surface area (Å²) in [6.45, 7) is 0.354. The Hall–Kier alpha value is -5.45. The largest absolute Gasteiger partial charge is 0.508 e. The number of ether oxygens (including phenoxy) is 3. The van der Waals surface area contributed by atoms with Crippen molar-refractivity contribution in [3.8, 4) is 34.1 Å². The van der Waals surface area contributed by atoms with Crippen LogP contribution < -0.4 is 14.2 Å². The standard InChI is InChI=1S/C37H22F18O13S3/c1-15-11-18(5-7-20(15)56)28(36(50,51)52,37(53,54)55)19-6-10-23(26(14-19)71(63,64)65)68-35(49)32(45,46)31(43,44)34(35,48)67-22-9-4-17(13-25(22)70(60,61)62)16-3-8-21(24(12-16)69(57,58)59)66-33(47)27(2,38)29(39,40)30(33,41)42/h3-14,56H,1-2H3,(H,57,58,59)(H,60,61,62)(H,63,64,65). The fraction of sp³-hybridized carbons (Fsp3) is 0.351.